The summed E-state index contributed by atoms with van der Waals surface area (Å²) in [6.45, 7) is 1.88. The van der Waals surface area contributed by atoms with Gasteiger partial charge >= 0.3 is 6.18 Å². The van der Waals surface area contributed by atoms with E-state index in [0.717, 1.165) is 37.2 Å². The minimum atomic E-state index is -4.60. The van der Waals surface area contributed by atoms with E-state index in [2.05, 4.69) is 30.4 Å². The van der Waals surface area contributed by atoms with Crippen LogP contribution in [0.4, 0.5) is 25.1 Å². The van der Waals surface area contributed by atoms with Gasteiger partial charge in [0.15, 0.2) is 5.65 Å². The van der Waals surface area contributed by atoms with E-state index in [-0.39, 0.29) is 25.2 Å². The SMILES string of the molecule is FC(F)(F)c1cnc(N[C@@H]2CCCN(c3nnc4ccccn34)C2)nc1OC1COC1. The van der Waals surface area contributed by atoms with Crippen molar-refractivity contribution < 1.29 is 22.6 Å². The molecule has 12 heteroatoms. The molecule has 0 aromatic carbocycles. The Labute approximate surface area is 175 Å². The molecule has 1 atom stereocenters. The Morgan fingerprint density at radius 2 is 2.06 bits per heavy atom. The molecule has 2 aliphatic rings. The standard InChI is InChI=1S/C19H20F3N7O2/c20-19(21,22)14-8-23-17(25-16(14)31-13-10-30-11-13)24-12-4-3-6-28(9-12)18-27-26-15-5-1-2-7-29(15)18/h1-2,5,7-8,12-13H,3-4,6,9-11H2,(H,23,24,25)/t12-/m1/s1. The molecule has 3 aromatic rings. The van der Waals surface area contributed by atoms with Crippen molar-refractivity contribution in [1.82, 2.24) is 24.6 Å². The van der Waals surface area contributed by atoms with Crippen molar-refractivity contribution in [3.05, 3.63) is 36.2 Å². The van der Waals surface area contributed by atoms with Crippen molar-refractivity contribution in [2.45, 2.75) is 31.2 Å². The predicted octanol–water partition coefficient (Wildman–Crippen LogP) is 2.40. The summed E-state index contributed by atoms with van der Waals surface area (Å²) >= 11 is 0. The summed E-state index contributed by atoms with van der Waals surface area (Å²) in [6.07, 6.45) is -0.678. The van der Waals surface area contributed by atoms with Crippen molar-refractivity contribution in [1.29, 1.82) is 0 Å². The van der Waals surface area contributed by atoms with Gasteiger partial charge in [0.05, 0.1) is 13.2 Å². The molecule has 0 spiro atoms. The zero-order valence-electron chi connectivity index (χ0n) is 16.4. The molecule has 3 aromatic heterocycles. The fraction of sp³-hybridized carbons (Fsp3) is 0.474. The van der Waals surface area contributed by atoms with Gasteiger partial charge in [0.1, 0.15) is 11.7 Å². The molecule has 31 heavy (non-hydrogen) atoms. The van der Waals surface area contributed by atoms with Crippen LogP contribution in [0.3, 0.4) is 0 Å². The van der Waals surface area contributed by atoms with Crippen LogP contribution in [0.5, 0.6) is 5.88 Å². The molecule has 2 fully saturated rings. The van der Waals surface area contributed by atoms with Crippen LogP contribution in [0, 0.1) is 0 Å². The average Bonchev–Trinajstić information content (AvgIpc) is 3.14. The van der Waals surface area contributed by atoms with Crippen molar-refractivity contribution in [2.75, 3.05) is 36.5 Å². The normalized spacial score (nSPS) is 20.0. The first-order chi connectivity index (χ1) is 15.0. The highest BCUT2D eigenvalue weighted by Gasteiger charge is 2.38. The van der Waals surface area contributed by atoms with Crippen LogP contribution in [-0.2, 0) is 10.9 Å². The number of piperidine rings is 1. The summed E-state index contributed by atoms with van der Waals surface area (Å²) in [7, 11) is 0. The number of nitrogens with one attached hydrogen (secondary N) is 1. The van der Waals surface area contributed by atoms with Gasteiger partial charge < -0.3 is 19.7 Å². The Morgan fingerprint density at radius 3 is 2.84 bits per heavy atom. The van der Waals surface area contributed by atoms with E-state index in [4.69, 9.17) is 9.47 Å². The number of nitrogens with zero attached hydrogens (tertiary/aromatic N) is 6. The number of aromatic nitrogens is 5. The van der Waals surface area contributed by atoms with E-state index in [0.29, 0.717) is 6.54 Å². The van der Waals surface area contributed by atoms with Gasteiger partial charge in [-0.15, -0.1) is 10.2 Å². The Morgan fingerprint density at radius 1 is 1.19 bits per heavy atom. The molecular weight excluding hydrogens is 415 g/mol. The molecule has 5 heterocycles. The topological polar surface area (TPSA) is 89.7 Å². The zero-order valence-corrected chi connectivity index (χ0v) is 16.4. The Bertz CT molecular complexity index is 1070. The number of halogens is 3. The molecule has 0 unspecified atom stereocenters. The molecule has 0 saturated carbocycles. The maximum Gasteiger partial charge on any atom is 0.423 e. The van der Waals surface area contributed by atoms with Crippen molar-refractivity contribution in [2.24, 2.45) is 0 Å². The molecular formula is C19H20F3N7O2. The molecule has 9 nitrogen and oxygen atoms in total. The van der Waals surface area contributed by atoms with Crippen LogP contribution < -0.4 is 15.0 Å². The summed E-state index contributed by atoms with van der Waals surface area (Å²) in [6, 6.07) is 5.61. The van der Waals surface area contributed by atoms with Crippen LogP contribution >= 0.6 is 0 Å². The van der Waals surface area contributed by atoms with Crippen molar-refractivity contribution >= 4 is 17.5 Å². The minimum Gasteiger partial charge on any atom is -0.469 e. The Hall–Kier alpha value is -3.15. The van der Waals surface area contributed by atoms with Crippen LogP contribution in [0.1, 0.15) is 18.4 Å². The van der Waals surface area contributed by atoms with Gasteiger partial charge in [-0.3, -0.25) is 4.40 Å². The van der Waals surface area contributed by atoms with E-state index >= 15 is 0 Å². The fourth-order valence-electron chi connectivity index (χ4n) is 3.66. The zero-order chi connectivity index (χ0) is 21.4. The lowest BCUT2D eigenvalue weighted by Gasteiger charge is -2.33. The van der Waals surface area contributed by atoms with Gasteiger partial charge in [-0.2, -0.15) is 18.2 Å². The highest BCUT2D eigenvalue weighted by molar-refractivity contribution is 5.47. The summed E-state index contributed by atoms with van der Waals surface area (Å²) in [5, 5.41) is 11.6. The molecule has 0 radical (unpaired) electrons. The summed E-state index contributed by atoms with van der Waals surface area (Å²) in [5.74, 6) is 0.347. The van der Waals surface area contributed by atoms with Crippen molar-refractivity contribution in [3.63, 3.8) is 0 Å². The smallest absolute Gasteiger partial charge is 0.423 e. The highest BCUT2D eigenvalue weighted by atomic mass is 19.4. The fourth-order valence-corrected chi connectivity index (χ4v) is 3.66. The molecule has 0 bridgehead atoms. The molecule has 164 valence electrons. The number of rotatable bonds is 5. The number of anilines is 2. The predicted molar refractivity (Wildman–Crippen MR) is 104 cm³/mol. The van der Waals surface area contributed by atoms with E-state index in [1.807, 2.05) is 28.8 Å². The average molecular weight is 435 g/mol. The van der Waals surface area contributed by atoms with Crippen LogP contribution in [0.15, 0.2) is 30.6 Å². The van der Waals surface area contributed by atoms with E-state index in [9.17, 15) is 13.2 Å². The van der Waals surface area contributed by atoms with Gasteiger partial charge in [-0.05, 0) is 25.0 Å². The number of alkyl halides is 3. The van der Waals surface area contributed by atoms with E-state index in [1.165, 1.54) is 0 Å². The number of hydrogen-bond donors (Lipinski definition) is 1. The van der Waals surface area contributed by atoms with Gasteiger partial charge in [-0.1, -0.05) is 6.07 Å². The summed E-state index contributed by atoms with van der Waals surface area (Å²) < 4.78 is 52.2. The van der Waals surface area contributed by atoms with E-state index < -0.39 is 23.7 Å². The maximum absolute atomic E-state index is 13.3. The first-order valence-corrected chi connectivity index (χ1v) is 9.97. The van der Waals surface area contributed by atoms with Gasteiger partial charge in [0, 0.05) is 31.5 Å². The third-order valence-electron chi connectivity index (χ3n) is 5.28. The largest absolute Gasteiger partial charge is 0.469 e. The number of fused-ring (bicyclic) bond motifs is 1. The third-order valence-corrected chi connectivity index (χ3v) is 5.28. The maximum atomic E-state index is 13.3. The Balaban J connectivity index is 1.33. The minimum absolute atomic E-state index is 0.0681. The molecule has 0 amide bonds. The lowest BCUT2D eigenvalue weighted by molar-refractivity contribution is -0.142. The highest BCUT2D eigenvalue weighted by Crippen LogP contribution is 2.36. The quantitative estimate of drug-likeness (QED) is 0.654. The second kappa shape index (κ2) is 7.84. The first-order valence-electron chi connectivity index (χ1n) is 9.97. The number of ether oxygens (including phenoxy) is 2. The van der Waals surface area contributed by atoms with Gasteiger partial charge in [0.25, 0.3) is 0 Å². The molecule has 2 aliphatic heterocycles. The number of hydrogen-bond acceptors (Lipinski definition) is 8. The van der Waals surface area contributed by atoms with Crippen LogP contribution in [0.2, 0.25) is 0 Å². The van der Waals surface area contributed by atoms with E-state index in [1.54, 1.807) is 0 Å². The molecule has 5 rings (SSSR count). The third kappa shape index (κ3) is 4.07. The van der Waals surface area contributed by atoms with Crippen LogP contribution in [-0.4, -0.2) is 63.0 Å². The van der Waals surface area contributed by atoms with Crippen LogP contribution in [0.25, 0.3) is 5.65 Å². The molecule has 2 saturated heterocycles. The molecule has 1 N–H and O–H groups in total. The second-order valence-corrected chi connectivity index (χ2v) is 7.55. The lowest BCUT2D eigenvalue weighted by Crippen LogP contribution is -2.43. The van der Waals surface area contributed by atoms with Gasteiger partial charge in [-0.25, -0.2) is 4.98 Å². The number of pyridine rings is 1. The Kier molecular flexibility index (Phi) is 5.00. The monoisotopic (exact) mass is 435 g/mol. The van der Waals surface area contributed by atoms with Gasteiger partial charge in [0.2, 0.25) is 17.8 Å². The first kappa shape index (κ1) is 19.8. The second-order valence-electron chi connectivity index (χ2n) is 7.55. The summed E-state index contributed by atoms with van der Waals surface area (Å²) in [4.78, 5) is 10.00. The van der Waals surface area contributed by atoms with Crippen molar-refractivity contribution in [3.8, 4) is 5.88 Å². The summed E-state index contributed by atoms with van der Waals surface area (Å²) in [5.41, 5.74) is -0.245. The lowest BCUT2D eigenvalue weighted by atomic mass is 10.1. The molecule has 0 aliphatic carbocycles.